The van der Waals surface area contributed by atoms with E-state index in [4.69, 9.17) is 0 Å². The van der Waals surface area contributed by atoms with Crippen molar-refractivity contribution in [2.45, 2.75) is 57.5 Å². The zero-order chi connectivity index (χ0) is 18.4. The highest BCUT2D eigenvalue weighted by molar-refractivity contribution is 7.12. The van der Waals surface area contributed by atoms with Crippen molar-refractivity contribution in [3.8, 4) is 0 Å². The molecule has 5 heteroatoms. The van der Waals surface area contributed by atoms with Gasteiger partial charge in [-0.3, -0.25) is 9.59 Å². The Morgan fingerprint density at radius 2 is 1.85 bits per heavy atom. The fourth-order valence-corrected chi connectivity index (χ4v) is 5.27. The maximum absolute atomic E-state index is 13.6. The van der Waals surface area contributed by atoms with Crippen LogP contribution < -0.4 is 0 Å². The molecule has 2 aliphatic rings. The molecule has 1 unspecified atom stereocenters. The summed E-state index contributed by atoms with van der Waals surface area (Å²) in [7, 11) is 0. The fraction of sp³-hybridized carbons (Fsp3) is 0.429. The number of Topliss-reactive ketones (excluding diaryl/α,β-unsaturated/α-hetero) is 1. The number of rotatable bonds is 3. The van der Waals surface area contributed by atoms with Crippen LogP contribution in [0.4, 0.5) is 4.39 Å². The number of halogens is 1. The van der Waals surface area contributed by atoms with Gasteiger partial charge < -0.3 is 4.90 Å². The maximum atomic E-state index is 13.6. The molecule has 1 amide bonds. The highest BCUT2D eigenvalue weighted by atomic mass is 32.1. The molecule has 2 bridgehead atoms. The highest BCUT2D eigenvalue weighted by Gasteiger charge is 2.43. The first-order valence-corrected chi connectivity index (χ1v) is 10.00. The summed E-state index contributed by atoms with van der Waals surface area (Å²) in [6.07, 6.45) is 3.90. The van der Waals surface area contributed by atoms with Gasteiger partial charge in [-0.05, 0) is 68.7 Å². The highest BCUT2D eigenvalue weighted by Crippen LogP contribution is 2.44. The number of hydrogen-bond acceptors (Lipinski definition) is 3. The second kappa shape index (κ2) is 6.62. The molecule has 26 heavy (non-hydrogen) atoms. The number of fused-ring (bicyclic) bond motifs is 2. The van der Waals surface area contributed by atoms with Gasteiger partial charge in [-0.2, -0.15) is 0 Å². The molecule has 0 spiro atoms. The van der Waals surface area contributed by atoms with Crippen LogP contribution in [0.2, 0.25) is 0 Å². The van der Waals surface area contributed by atoms with E-state index < -0.39 is 0 Å². The average Bonchev–Trinajstić information content (AvgIpc) is 3.20. The van der Waals surface area contributed by atoms with E-state index in [0.29, 0.717) is 21.9 Å². The van der Waals surface area contributed by atoms with Crippen molar-refractivity contribution < 1.29 is 14.0 Å². The van der Waals surface area contributed by atoms with Crippen LogP contribution >= 0.6 is 11.3 Å². The number of nitrogens with zero attached hydrogens (tertiary/aromatic N) is 1. The Morgan fingerprint density at radius 1 is 1.15 bits per heavy atom. The lowest BCUT2D eigenvalue weighted by atomic mass is 9.84. The summed E-state index contributed by atoms with van der Waals surface area (Å²) in [6, 6.07) is 7.59. The molecule has 136 valence electrons. The van der Waals surface area contributed by atoms with Gasteiger partial charge in [0.15, 0.2) is 5.78 Å². The van der Waals surface area contributed by atoms with Crippen LogP contribution in [-0.2, 0) is 0 Å². The van der Waals surface area contributed by atoms with Crippen LogP contribution in [0, 0.1) is 12.7 Å². The third-order valence-electron chi connectivity index (χ3n) is 5.81. The van der Waals surface area contributed by atoms with E-state index in [1.165, 1.54) is 23.8 Å². The number of carbonyl (C=O) groups excluding carboxylic acids is 2. The maximum Gasteiger partial charge on any atom is 0.255 e. The van der Waals surface area contributed by atoms with Gasteiger partial charge in [0.05, 0.1) is 10.4 Å². The van der Waals surface area contributed by atoms with Gasteiger partial charge in [-0.1, -0.05) is 12.1 Å². The SMILES string of the molecule is CC(=O)c1cc(C(=O)N2[C@@H]3CC[C@H]2CC(c2ccc(F)c(C)c2)C3)cs1. The van der Waals surface area contributed by atoms with Crippen molar-refractivity contribution in [1.82, 2.24) is 4.90 Å². The summed E-state index contributed by atoms with van der Waals surface area (Å²) in [6.45, 7) is 3.33. The minimum absolute atomic E-state index is 0.00223. The average molecular weight is 371 g/mol. The minimum Gasteiger partial charge on any atom is -0.333 e. The monoisotopic (exact) mass is 371 g/mol. The van der Waals surface area contributed by atoms with E-state index in [9.17, 15) is 14.0 Å². The standard InChI is InChI=1S/C21H22FNO2S/c1-12-7-14(3-6-19(12)22)15-8-17-4-5-18(9-15)23(17)21(25)16-10-20(13(2)24)26-11-16/h3,6-7,10-11,15,17-18H,4-5,8-9H2,1-2H3/t15?,17-,18+. The molecule has 0 aliphatic carbocycles. The van der Waals surface area contributed by atoms with Gasteiger partial charge in [0, 0.05) is 17.5 Å². The van der Waals surface area contributed by atoms with Crippen LogP contribution in [0.3, 0.4) is 0 Å². The number of carbonyl (C=O) groups is 2. The lowest BCUT2D eigenvalue weighted by Gasteiger charge is -2.39. The van der Waals surface area contributed by atoms with Crippen LogP contribution in [0.25, 0.3) is 0 Å². The molecule has 1 aromatic heterocycles. The third-order valence-corrected chi connectivity index (χ3v) is 6.85. The van der Waals surface area contributed by atoms with Crippen LogP contribution in [0.1, 0.15) is 69.7 Å². The van der Waals surface area contributed by atoms with Gasteiger partial charge >= 0.3 is 0 Å². The van der Waals surface area contributed by atoms with Gasteiger partial charge in [-0.25, -0.2) is 4.39 Å². The molecule has 3 nitrogen and oxygen atoms in total. The van der Waals surface area contributed by atoms with Gasteiger partial charge in [-0.15, -0.1) is 11.3 Å². The molecule has 1 aromatic carbocycles. The van der Waals surface area contributed by atoms with Crippen LogP contribution in [0.15, 0.2) is 29.6 Å². The molecular formula is C21H22FNO2S. The number of amides is 1. The molecule has 4 rings (SSSR count). The molecular weight excluding hydrogens is 349 g/mol. The molecule has 3 heterocycles. The van der Waals surface area contributed by atoms with E-state index in [2.05, 4.69) is 0 Å². The lowest BCUT2D eigenvalue weighted by molar-refractivity contribution is 0.0572. The smallest absolute Gasteiger partial charge is 0.255 e. The summed E-state index contributed by atoms with van der Waals surface area (Å²) >= 11 is 1.34. The minimum atomic E-state index is -0.164. The molecule has 0 N–H and O–H groups in total. The van der Waals surface area contributed by atoms with Crippen LogP contribution in [0.5, 0.6) is 0 Å². The Labute approximate surface area is 156 Å². The Kier molecular flexibility index (Phi) is 4.43. The van der Waals surface area contributed by atoms with Gasteiger partial charge in [0.2, 0.25) is 0 Å². The van der Waals surface area contributed by atoms with Crippen molar-refractivity contribution in [2.24, 2.45) is 0 Å². The number of thiophene rings is 1. The second-order valence-corrected chi connectivity index (χ2v) is 8.44. The van der Waals surface area contributed by atoms with E-state index in [0.717, 1.165) is 25.7 Å². The number of hydrogen-bond donors (Lipinski definition) is 0. The molecule has 2 aliphatic heterocycles. The predicted molar refractivity (Wildman–Crippen MR) is 100 cm³/mol. The van der Waals surface area contributed by atoms with Crippen molar-refractivity contribution in [2.75, 3.05) is 0 Å². The lowest BCUT2D eigenvalue weighted by Crippen LogP contribution is -2.46. The van der Waals surface area contributed by atoms with Crippen molar-refractivity contribution in [1.29, 1.82) is 0 Å². The van der Waals surface area contributed by atoms with Crippen molar-refractivity contribution in [3.63, 3.8) is 0 Å². The molecule has 0 saturated carbocycles. The number of piperidine rings is 1. The topological polar surface area (TPSA) is 37.4 Å². The zero-order valence-corrected chi connectivity index (χ0v) is 15.8. The summed E-state index contributed by atoms with van der Waals surface area (Å²) < 4.78 is 13.6. The third kappa shape index (κ3) is 2.98. The quantitative estimate of drug-likeness (QED) is 0.716. The molecule has 2 fully saturated rings. The van der Waals surface area contributed by atoms with E-state index in [1.807, 2.05) is 17.0 Å². The van der Waals surface area contributed by atoms with E-state index >= 15 is 0 Å². The Bertz CT molecular complexity index is 861. The van der Waals surface area contributed by atoms with Gasteiger partial charge in [0.25, 0.3) is 5.91 Å². The molecule has 2 saturated heterocycles. The van der Waals surface area contributed by atoms with Crippen molar-refractivity contribution >= 4 is 23.0 Å². The Morgan fingerprint density at radius 3 is 2.42 bits per heavy atom. The van der Waals surface area contributed by atoms with Crippen molar-refractivity contribution in [3.05, 3.63) is 57.0 Å². The summed E-state index contributed by atoms with van der Waals surface area (Å²) in [5.41, 5.74) is 2.50. The number of ketones is 1. The normalized spacial score (nSPS) is 24.7. The predicted octanol–water partition coefficient (Wildman–Crippen LogP) is 4.95. The number of aryl methyl sites for hydroxylation is 1. The first-order chi connectivity index (χ1) is 12.4. The van der Waals surface area contributed by atoms with E-state index in [1.54, 1.807) is 24.4 Å². The van der Waals surface area contributed by atoms with E-state index in [-0.39, 0.29) is 29.6 Å². The summed E-state index contributed by atoms with van der Waals surface area (Å²) in [4.78, 5) is 27.2. The largest absolute Gasteiger partial charge is 0.333 e. The summed E-state index contributed by atoms with van der Waals surface area (Å²) in [5.74, 6) is 0.270. The molecule has 0 radical (unpaired) electrons. The summed E-state index contributed by atoms with van der Waals surface area (Å²) in [5, 5.41) is 1.80. The first-order valence-electron chi connectivity index (χ1n) is 9.12. The van der Waals surface area contributed by atoms with Crippen LogP contribution in [-0.4, -0.2) is 28.7 Å². The van der Waals surface area contributed by atoms with Gasteiger partial charge in [0.1, 0.15) is 5.82 Å². The molecule has 3 atom stereocenters. The first kappa shape index (κ1) is 17.4. The zero-order valence-electron chi connectivity index (χ0n) is 15.0. The Balaban J connectivity index is 1.53. The number of benzene rings is 1. The second-order valence-electron chi connectivity index (χ2n) is 7.53. The fourth-order valence-electron chi connectivity index (χ4n) is 4.48. The molecule has 2 aromatic rings. The Hall–Kier alpha value is -2.01.